The van der Waals surface area contributed by atoms with Crippen LogP contribution in [0.25, 0.3) is 10.4 Å². The van der Waals surface area contributed by atoms with Crippen molar-refractivity contribution in [2.24, 2.45) is 0 Å². The molecule has 2 aromatic rings. The summed E-state index contributed by atoms with van der Waals surface area (Å²) < 4.78 is 5.45. The standard InChI is InChI=1S/C19H25NOS/c1-19(2,3)18-9-8-17(22-18)16-7-5-4-6-15(16)14-20-10-12-21-13-11-20/h4-9H,10-14H2,1-3H3. The maximum atomic E-state index is 5.45. The molecule has 0 N–H and O–H groups in total. The molecular weight excluding hydrogens is 290 g/mol. The average Bonchev–Trinajstić information content (AvgIpc) is 2.99. The summed E-state index contributed by atoms with van der Waals surface area (Å²) in [5.74, 6) is 0. The van der Waals surface area contributed by atoms with Crippen LogP contribution in [0.1, 0.15) is 31.2 Å². The van der Waals surface area contributed by atoms with Crippen LogP contribution in [-0.2, 0) is 16.7 Å². The van der Waals surface area contributed by atoms with Gasteiger partial charge in [-0.1, -0.05) is 45.0 Å². The Balaban J connectivity index is 1.86. The number of hydrogen-bond acceptors (Lipinski definition) is 3. The molecule has 1 aliphatic rings. The fourth-order valence-corrected chi connectivity index (χ4v) is 3.91. The van der Waals surface area contributed by atoms with E-state index in [1.54, 1.807) is 0 Å². The second-order valence-electron chi connectivity index (χ2n) is 6.96. The van der Waals surface area contributed by atoms with E-state index in [1.165, 1.54) is 20.9 Å². The van der Waals surface area contributed by atoms with Crippen LogP contribution in [0.3, 0.4) is 0 Å². The average molecular weight is 315 g/mol. The van der Waals surface area contributed by atoms with E-state index in [4.69, 9.17) is 4.74 Å². The molecular formula is C19H25NOS. The lowest BCUT2D eigenvalue weighted by Gasteiger charge is -2.27. The third-order valence-electron chi connectivity index (χ3n) is 4.13. The molecule has 0 bridgehead atoms. The normalized spacial score (nSPS) is 16.9. The summed E-state index contributed by atoms with van der Waals surface area (Å²) in [7, 11) is 0. The summed E-state index contributed by atoms with van der Waals surface area (Å²) in [6, 6.07) is 13.4. The zero-order valence-electron chi connectivity index (χ0n) is 13.8. The van der Waals surface area contributed by atoms with Crippen LogP contribution in [-0.4, -0.2) is 31.2 Å². The highest BCUT2D eigenvalue weighted by atomic mass is 32.1. The molecule has 3 heteroatoms. The minimum absolute atomic E-state index is 0.224. The number of thiophene rings is 1. The van der Waals surface area contributed by atoms with Gasteiger partial charge in [0.25, 0.3) is 0 Å². The summed E-state index contributed by atoms with van der Waals surface area (Å²) >= 11 is 1.93. The number of ether oxygens (including phenoxy) is 1. The van der Waals surface area contributed by atoms with Gasteiger partial charge in [0.1, 0.15) is 0 Å². The van der Waals surface area contributed by atoms with Gasteiger partial charge < -0.3 is 4.74 Å². The van der Waals surface area contributed by atoms with E-state index in [-0.39, 0.29) is 5.41 Å². The van der Waals surface area contributed by atoms with E-state index < -0.39 is 0 Å². The lowest BCUT2D eigenvalue weighted by molar-refractivity contribution is 0.0342. The molecule has 2 heterocycles. The molecule has 0 saturated carbocycles. The third-order valence-corrected chi connectivity index (χ3v) is 5.67. The van der Waals surface area contributed by atoms with E-state index >= 15 is 0 Å². The molecule has 22 heavy (non-hydrogen) atoms. The van der Waals surface area contributed by atoms with Crippen LogP contribution in [0.2, 0.25) is 0 Å². The molecule has 2 nitrogen and oxygen atoms in total. The lowest BCUT2D eigenvalue weighted by Crippen LogP contribution is -2.35. The number of nitrogens with zero attached hydrogens (tertiary/aromatic N) is 1. The topological polar surface area (TPSA) is 12.5 Å². The van der Waals surface area contributed by atoms with Crippen LogP contribution >= 0.6 is 11.3 Å². The Hall–Kier alpha value is -1.16. The van der Waals surface area contributed by atoms with Crippen LogP contribution in [0.15, 0.2) is 36.4 Å². The van der Waals surface area contributed by atoms with E-state index in [0.717, 1.165) is 32.8 Å². The summed E-state index contributed by atoms with van der Waals surface area (Å²) in [4.78, 5) is 5.32. The Kier molecular flexibility index (Phi) is 4.67. The first-order valence-electron chi connectivity index (χ1n) is 8.03. The minimum atomic E-state index is 0.224. The number of rotatable bonds is 3. The lowest BCUT2D eigenvalue weighted by atomic mass is 9.95. The van der Waals surface area contributed by atoms with Crippen molar-refractivity contribution in [2.45, 2.75) is 32.7 Å². The highest BCUT2D eigenvalue weighted by Gasteiger charge is 2.18. The molecule has 0 unspecified atom stereocenters. The van der Waals surface area contributed by atoms with Gasteiger partial charge in [-0.15, -0.1) is 11.3 Å². The van der Waals surface area contributed by atoms with Gasteiger partial charge in [-0.3, -0.25) is 4.90 Å². The second-order valence-corrected chi connectivity index (χ2v) is 8.04. The second kappa shape index (κ2) is 6.53. The van der Waals surface area contributed by atoms with Crippen molar-refractivity contribution in [1.82, 2.24) is 4.90 Å². The van der Waals surface area contributed by atoms with Gasteiger partial charge in [0.2, 0.25) is 0 Å². The van der Waals surface area contributed by atoms with Gasteiger partial charge in [0.15, 0.2) is 0 Å². The van der Waals surface area contributed by atoms with Crippen LogP contribution in [0.5, 0.6) is 0 Å². The van der Waals surface area contributed by atoms with Crippen LogP contribution < -0.4 is 0 Å². The van der Waals surface area contributed by atoms with Gasteiger partial charge in [-0.05, 0) is 28.7 Å². The molecule has 1 aromatic heterocycles. The van der Waals surface area contributed by atoms with Crippen LogP contribution in [0, 0.1) is 0 Å². The molecule has 1 aromatic carbocycles. The smallest absolute Gasteiger partial charge is 0.0594 e. The SMILES string of the molecule is CC(C)(C)c1ccc(-c2ccccc2CN2CCOCC2)s1. The first-order valence-corrected chi connectivity index (χ1v) is 8.84. The monoisotopic (exact) mass is 315 g/mol. The molecule has 0 spiro atoms. The third kappa shape index (κ3) is 3.60. The van der Waals surface area contributed by atoms with Crippen LogP contribution in [0.4, 0.5) is 0 Å². The predicted octanol–water partition coefficient (Wildman–Crippen LogP) is 4.54. The summed E-state index contributed by atoms with van der Waals surface area (Å²) in [5, 5.41) is 0. The van der Waals surface area contributed by atoms with Crippen molar-refractivity contribution in [1.29, 1.82) is 0 Å². The summed E-state index contributed by atoms with van der Waals surface area (Å²) in [6.45, 7) is 11.6. The van der Waals surface area contributed by atoms with E-state index in [9.17, 15) is 0 Å². The Labute approximate surface area is 137 Å². The van der Waals surface area contributed by atoms with Crippen molar-refractivity contribution in [3.8, 4) is 10.4 Å². The summed E-state index contributed by atoms with van der Waals surface area (Å²) in [5.41, 5.74) is 3.03. The molecule has 0 atom stereocenters. The largest absolute Gasteiger partial charge is 0.379 e. The van der Waals surface area contributed by atoms with E-state index in [0.29, 0.717) is 0 Å². The Morgan fingerprint density at radius 2 is 1.77 bits per heavy atom. The number of benzene rings is 1. The highest BCUT2D eigenvalue weighted by Crippen LogP contribution is 2.36. The molecule has 0 aliphatic carbocycles. The first kappa shape index (κ1) is 15.7. The van der Waals surface area contributed by atoms with Gasteiger partial charge in [0, 0.05) is 29.4 Å². The quantitative estimate of drug-likeness (QED) is 0.824. The molecule has 1 saturated heterocycles. The van der Waals surface area contributed by atoms with Crippen molar-refractivity contribution in [2.75, 3.05) is 26.3 Å². The first-order chi connectivity index (χ1) is 10.5. The van der Waals surface area contributed by atoms with Crippen molar-refractivity contribution >= 4 is 11.3 Å². The Bertz CT molecular complexity index is 620. The van der Waals surface area contributed by atoms with Crippen molar-refractivity contribution in [3.05, 3.63) is 46.8 Å². The molecule has 1 fully saturated rings. The molecule has 3 rings (SSSR count). The summed E-state index contributed by atoms with van der Waals surface area (Å²) in [6.07, 6.45) is 0. The predicted molar refractivity (Wildman–Crippen MR) is 94.6 cm³/mol. The fourth-order valence-electron chi connectivity index (χ4n) is 2.78. The Morgan fingerprint density at radius 1 is 1.05 bits per heavy atom. The van der Waals surface area contributed by atoms with Gasteiger partial charge in [-0.2, -0.15) is 0 Å². The molecule has 1 aliphatic heterocycles. The van der Waals surface area contributed by atoms with E-state index in [2.05, 4.69) is 62.1 Å². The zero-order valence-corrected chi connectivity index (χ0v) is 14.6. The Morgan fingerprint density at radius 3 is 2.45 bits per heavy atom. The maximum Gasteiger partial charge on any atom is 0.0594 e. The molecule has 0 radical (unpaired) electrons. The maximum absolute atomic E-state index is 5.45. The number of morpholine rings is 1. The number of hydrogen-bond donors (Lipinski definition) is 0. The van der Waals surface area contributed by atoms with Crippen molar-refractivity contribution in [3.63, 3.8) is 0 Å². The fraction of sp³-hybridized carbons (Fsp3) is 0.474. The van der Waals surface area contributed by atoms with Gasteiger partial charge in [0.05, 0.1) is 13.2 Å². The zero-order chi connectivity index (χ0) is 15.6. The van der Waals surface area contributed by atoms with Gasteiger partial charge >= 0.3 is 0 Å². The van der Waals surface area contributed by atoms with Gasteiger partial charge in [-0.25, -0.2) is 0 Å². The highest BCUT2D eigenvalue weighted by molar-refractivity contribution is 7.15. The minimum Gasteiger partial charge on any atom is -0.379 e. The molecule has 118 valence electrons. The van der Waals surface area contributed by atoms with Crippen molar-refractivity contribution < 1.29 is 4.74 Å². The van der Waals surface area contributed by atoms with E-state index in [1.807, 2.05) is 11.3 Å². The molecule has 0 amide bonds.